The molecule has 0 heterocycles. The predicted molar refractivity (Wildman–Crippen MR) is 76.7 cm³/mol. The Morgan fingerprint density at radius 2 is 2.00 bits per heavy atom. The minimum Gasteiger partial charge on any atom is -0.480 e. The predicted octanol–water partition coefficient (Wildman–Crippen LogP) is 3.70. The second kappa shape index (κ2) is 5.85. The highest BCUT2D eigenvalue weighted by Gasteiger charge is 2.37. The fraction of sp³-hybridized carbons (Fsp3) is 0.500. The van der Waals surface area contributed by atoms with E-state index in [2.05, 4.69) is 15.9 Å². The Hall–Kier alpha value is -0.870. The molecule has 4 heteroatoms. The zero-order chi connectivity index (χ0) is 13.9. The summed E-state index contributed by atoms with van der Waals surface area (Å²) in [5.41, 5.74) is 0.220. The number of nitrogens with zero attached hydrogens (tertiary/aromatic N) is 1. The van der Waals surface area contributed by atoms with Gasteiger partial charge in [0.25, 0.3) is 0 Å². The molecule has 3 nitrogen and oxygen atoms in total. The maximum atomic E-state index is 11.4. The molecular weight excluding hydrogens is 294 g/mol. The molecule has 1 unspecified atom stereocenters. The maximum Gasteiger partial charge on any atom is 0.323 e. The first-order valence-electron chi connectivity index (χ1n) is 6.07. The molecule has 0 spiro atoms. The molecular formula is C14H20BrNO2. The van der Waals surface area contributed by atoms with Crippen LogP contribution in [0.3, 0.4) is 0 Å². The number of carboxylic acids is 1. The summed E-state index contributed by atoms with van der Waals surface area (Å²) in [6, 6.07) is 7.97. The molecule has 0 aliphatic carbocycles. The van der Waals surface area contributed by atoms with Crippen molar-refractivity contribution in [1.82, 2.24) is 4.90 Å². The Balaban J connectivity index is 3.11. The molecule has 100 valence electrons. The van der Waals surface area contributed by atoms with Crippen molar-refractivity contribution in [3.8, 4) is 0 Å². The van der Waals surface area contributed by atoms with Crippen LogP contribution in [-0.2, 0) is 4.79 Å². The van der Waals surface area contributed by atoms with Gasteiger partial charge in [0.1, 0.15) is 5.54 Å². The summed E-state index contributed by atoms with van der Waals surface area (Å²) in [7, 11) is 0. The van der Waals surface area contributed by atoms with Crippen molar-refractivity contribution < 1.29 is 9.90 Å². The van der Waals surface area contributed by atoms with Crippen LogP contribution in [0, 0.1) is 0 Å². The van der Waals surface area contributed by atoms with E-state index in [-0.39, 0.29) is 6.04 Å². The first-order valence-corrected chi connectivity index (χ1v) is 6.86. The Bertz CT molecular complexity index is 432. The number of hydrogen-bond acceptors (Lipinski definition) is 2. The molecule has 0 saturated carbocycles. The SMILES string of the molecule is CCN(C(C)c1ccccc1Br)C(C)(C)C(=O)O. The van der Waals surface area contributed by atoms with E-state index < -0.39 is 11.5 Å². The lowest BCUT2D eigenvalue weighted by Crippen LogP contribution is -2.51. The number of rotatable bonds is 5. The molecule has 0 aromatic heterocycles. The average molecular weight is 314 g/mol. The third-order valence-corrected chi connectivity index (χ3v) is 4.13. The number of carbonyl (C=O) groups is 1. The summed E-state index contributed by atoms with van der Waals surface area (Å²) >= 11 is 3.52. The first-order chi connectivity index (χ1) is 8.32. The molecule has 0 aliphatic rings. The van der Waals surface area contributed by atoms with Gasteiger partial charge in [-0.1, -0.05) is 41.1 Å². The monoisotopic (exact) mass is 313 g/mol. The summed E-state index contributed by atoms with van der Waals surface area (Å²) in [6.07, 6.45) is 0. The molecule has 0 amide bonds. The second-order valence-corrected chi connectivity index (χ2v) is 5.70. The standard InChI is InChI=1S/C14H20BrNO2/c1-5-16(14(3,4)13(17)18)10(2)11-8-6-7-9-12(11)15/h6-10H,5H2,1-4H3,(H,17,18). The van der Waals surface area contributed by atoms with Crippen LogP contribution in [0.5, 0.6) is 0 Å². The van der Waals surface area contributed by atoms with Crippen LogP contribution in [0.15, 0.2) is 28.7 Å². The highest BCUT2D eigenvalue weighted by Crippen LogP contribution is 2.32. The highest BCUT2D eigenvalue weighted by molar-refractivity contribution is 9.10. The Morgan fingerprint density at radius 1 is 1.44 bits per heavy atom. The number of benzene rings is 1. The van der Waals surface area contributed by atoms with Gasteiger partial charge in [0.2, 0.25) is 0 Å². The molecule has 1 N–H and O–H groups in total. The zero-order valence-electron chi connectivity index (χ0n) is 11.3. The molecule has 1 aromatic carbocycles. The Kier molecular flexibility index (Phi) is 4.93. The lowest BCUT2D eigenvalue weighted by atomic mass is 9.97. The fourth-order valence-electron chi connectivity index (χ4n) is 2.26. The zero-order valence-corrected chi connectivity index (χ0v) is 12.9. The quantitative estimate of drug-likeness (QED) is 0.901. The van der Waals surface area contributed by atoms with Gasteiger partial charge >= 0.3 is 5.97 Å². The summed E-state index contributed by atoms with van der Waals surface area (Å²) < 4.78 is 1.01. The summed E-state index contributed by atoms with van der Waals surface area (Å²) in [5, 5.41) is 9.35. The molecule has 18 heavy (non-hydrogen) atoms. The van der Waals surface area contributed by atoms with E-state index >= 15 is 0 Å². The number of likely N-dealkylation sites (N-methyl/N-ethyl adjacent to an activating group) is 1. The minimum absolute atomic E-state index is 0.0386. The summed E-state index contributed by atoms with van der Waals surface area (Å²) in [4.78, 5) is 13.4. The summed E-state index contributed by atoms with van der Waals surface area (Å²) in [6.45, 7) is 8.19. The molecule has 0 bridgehead atoms. The van der Waals surface area contributed by atoms with E-state index in [1.807, 2.05) is 43.0 Å². The lowest BCUT2D eigenvalue weighted by molar-refractivity contribution is -0.150. The van der Waals surface area contributed by atoms with Crippen molar-refractivity contribution in [3.63, 3.8) is 0 Å². The second-order valence-electron chi connectivity index (χ2n) is 4.85. The molecule has 0 aliphatic heterocycles. The third kappa shape index (κ3) is 2.93. The van der Waals surface area contributed by atoms with Crippen LogP contribution in [0.25, 0.3) is 0 Å². The fourth-order valence-corrected chi connectivity index (χ4v) is 2.87. The Morgan fingerprint density at radius 3 is 2.44 bits per heavy atom. The number of hydrogen-bond donors (Lipinski definition) is 1. The van der Waals surface area contributed by atoms with Crippen molar-refractivity contribution in [3.05, 3.63) is 34.3 Å². The van der Waals surface area contributed by atoms with E-state index in [9.17, 15) is 9.90 Å². The van der Waals surface area contributed by atoms with E-state index in [1.165, 1.54) is 0 Å². The van der Waals surface area contributed by atoms with Gasteiger partial charge in [-0.2, -0.15) is 0 Å². The van der Waals surface area contributed by atoms with Crippen molar-refractivity contribution in [2.45, 2.75) is 39.3 Å². The number of aliphatic carboxylic acids is 1. The van der Waals surface area contributed by atoms with Gasteiger partial charge < -0.3 is 5.11 Å². The first kappa shape index (κ1) is 15.2. The largest absolute Gasteiger partial charge is 0.480 e. The topological polar surface area (TPSA) is 40.5 Å². The summed E-state index contributed by atoms with van der Waals surface area (Å²) in [5.74, 6) is -0.803. The third-order valence-electron chi connectivity index (χ3n) is 3.40. The molecule has 1 atom stereocenters. The number of halogens is 1. The van der Waals surface area contributed by atoms with Crippen LogP contribution >= 0.6 is 15.9 Å². The van der Waals surface area contributed by atoms with E-state index in [1.54, 1.807) is 13.8 Å². The van der Waals surface area contributed by atoms with E-state index in [0.29, 0.717) is 6.54 Å². The number of carboxylic acid groups (broad SMARTS) is 1. The molecule has 0 radical (unpaired) electrons. The molecule has 0 saturated heterocycles. The van der Waals surface area contributed by atoms with Crippen LogP contribution in [0.4, 0.5) is 0 Å². The maximum absolute atomic E-state index is 11.4. The van der Waals surface area contributed by atoms with Gasteiger partial charge in [0, 0.05) is 10.5 Å². The van der Waals surface area contributed by atoms with Gasteiger partial charge in [-0.25, -0.2) is 0 Å². The Labute approximate surface area is 117 Å². The van der Waals surface area contributed by atoms with Crippen molar-refractivity contribution >= 4 is 21.9 Å². The van der Waals surface area contributed by atoms with Gasteiger partial charge in [-0.3, -0.25) is 9.69 Å². The van der Waals surface area contributed by atoms with Crippen LogP contribution < -0.4 is 0 Å². The van der Waals surface area contributed by atoms with Gasteiger partial charge in [0.15, 0.2) is 0 Å². The van der Waals surface area contributed by atoms with Gasteiger partial charge in [0.05, 0.1) is 0 Å². The van der Waals surface area contributed by atoms with Crippen LogP contribution in [0.1, 0.15) is 39.3 Å². The minimum atomic E-state index is -0.885. The van der Waals surface area contributed by atoms with Crippen molar-refractivity contribution in [2.24, 2.45) is 0 Å². The van der Waals surface area contributed by atoms with Gasteiger partial charge in [-0.05, 0) is 38.9 Å². The van der Waals surface area contributed by atoms with Crippen LogP contribution in [-0.4, -0.2) is 28.1 Å². The smallest absolute Gasteiger partial charge is 0.323 e. The highest BCUT2D eigenvalue weighted by atomic mass is 79.9. The lowest BCUT2D eigenvalue weighted by Gasteiger charge is -2.39. The normalized spacial score (nSPS) is 13.7. The average Bonchev–Trinajstić information content (AvgIpc) is 2.29. The van der Waals surface area contributed by atoms with Crippen molar-refractivity contribution in [2.75, 3.05) is 6.54 Å². The van der Waals surface area contributed by atoms with Gasteiger partial charge in [-0.15, -0.1) is 0 Å². The van der Waals surface area contributed by atoms with Crippen LogP contribution in [0.2, 0.25) is 0 Å². The van der Waals surface area contributed by atoms with E-state index in [4.69, 9.17) is 0 Å². The van der Waals surface area contributed by atoms with Crippen molar-refractivity contribution in [1.29, 1.82) is 0 Å². The molecule has 1 rings (SSSR count). The molecule has 0 fully saturated rings. The van der Waals surface area contributed by atoms with E-state index in [0.717, 1.165) is 10.0 Å². The molecule has 1 aromatic rings.